The molecule has 2 aromatic heterocycles. The summed E-state index contributed by atoms with van der Waals surface area (Å²) in [6, 6.07) is 37.9. The Bertz CT molecular complexity index is 2490. The predicted octanol–water partition coefficient (Wildman–Crippen LogP) is 9.13. The molecule has 54 heavy (non-hydrogen) atoms. The van der Waals surface area contributed by atoms with E-state index in [9.17, 15) is 0 Å². The molecule has 2 heterocycles. The Balaban J connectivity index is 0.982. The van der Waals surface area contributed by atoms with E-state index in [1.165, 1.54) is 11.1 Å². The topological polar surface area (TPSA) is 110 Å². The fraction of sp³-hybridized carbons (Fsp3) is 0.217. The zero-order valence-corrected chi connectivity index (χ0v) is 31.6. The molecule has 0 bridgehead atoms. The molecule has 6 aromatic carbocycles. The van der Waals surface area contributed by atoms with Crippen LogP contribution in [0.2, 0.25) is 0 Å². The molecule has 6 N–H and O–H groups in total. The van der Waals surface area contributed by atoms with Crippen molar-refractivity contribution in [3.63, 3.8) is 0 Å². The summed E-state index contributed by atoms with van der Waals surface area (Å²) >= 11 is 0. The fourth-order valence-electron chi connectivity index (χ4n) is 7.61. The Morgan fingerprint density at radius 2 is 0.889 bits per heavy atom. The summed E-state index contributed by atoms with van der Waals surface area (Å²) in [4.78, 5) is 10.4. The van der Waals surface area contributed by atoms with Crippen LogP contribution in [-0.4, -0.2) is 23.1 Å². The Morgan fingerprint density at radius 3 is 1.30 bits per heavy atom. The Hall–Kier alpha value is -6.28. The Morgan fingerprint density at radius 1 is 0.481 bits per heavy atom. The van der Waals surface area contributed by atoms with E-state index in [1.54, 1.807) is 0 Å². The molecular weight excluding hydrogens is 665 g/mol. The van der Waals surface area contributed by atoms with Gasteiger partial charge >= 0.3 is 0 Å². The van der Waals surface area contributed by atoms with Gasteiger partial charge in [-0.25, -0.2) is 9.97 Å². The Labute approximate surface area is 316 Å². The van der Waals surface area contributed by atoms with Gasteiger partial charge in [-0.3, -0.25) is 0 Å². The maximum Gasteiger partial charge on any atom is 0.241 e. The molecule has 270 valence electrons. The summed E-state index contributed by atoms with van der Waals surface area (Å²) in [7, 11) is 0. The van der Waals surface area contributed by atoms with Gasteiger partial charge in [0.15, 0.2) is 11.0 Å². The molecule has 0 atom stereocenters. The van der Waals surface area contributed by atoms with E-state index in [0.717, 1.165) is 128 Å². The van der Waals surface area contributed by atoms with Crippen LogP contribution in [0.15, 0.2) is 109 Å². The highest BCUT2D eigenvalue weighted by Crippen LogP contribution is 2.33. The Kier molecular flexibility index (Phi) is 9.42. The van der Waals surface area contributed by atoms with Gasteiger partial charge in [0.2, 0.25) is 33.4 Å². The lowest BCUT2D eigenvalue weighted by Crippen LogP contribution is -2.33. The van der Waals surface area contributed by atoms with Crippen molar-refractivity contribution >= 4 is 66.9 Å². The van der Waals surface area contributed by atoms with Crippen molar-refractivity contribution in [3.05, 3.63) is 131 Å². The van der Waals surface area contributed by atoms with Gasteiger partial charge < -0.3 is 22.1 Å². The first-order valence-corrected chi connectivity index (χ1v) is 19.0. The SMILES string of the molecule is Cc1ccc2c(c1)nc1c(NCCCCCCNc3c(C)c(N)cc4c3nc3cc(C)ccc3[n+]4-c3ccccc3)c(C)c(N)cc1[n+]2-c1ccccc1. The van der Waals surface area contributed by atoms with Crippen LogP contribution in [0.1, 0.15) is 47.9 Å². The van der Waals surface area contributed by atoms with Crippen LogP contribution in [0.5, 0.6) is 0 Å². The van der Waals surface area contributed by atoms with Crippen LogP contribution in [0, 0.1) is 27.7 Å². The number of benzene rings is 6. The van der Waals surface area contributed by atoms with Crippen molar-refractivity contribution in [2.75, 3.05) is 35.2 Å². The van der Waals surface area contributed by atoms with Crippen molar-refractivity contribution in [1.29, 1.82) is 0 Å². The van der Waals surface area contributed by atoms with Gasteiger partial charge in [0, 0.05) is 73.0 Å². The third kappa shape index (κ3) is 6.49. The third-order valence-electron chi connectivity index (χ3n) is 10.6. The van der Waals surface area contributed by atoms with Crippen molar-refractivity contribution in [2.45, 2.75) is 53.4 Å². The largest absolute Gasteiger partial charge is 0.398 e. The smallest absolute Gasteiger partial charge is 0.241 e. The van der Waals surface area contributed by atoms with E-state index in [4.69, 9.17) is 21.4 Å². The van der Waals surface area contributed by atoms with Gasteiger partial charge in [0.25, 0.3) is 0 Å². The lowest BCUT2D eigenvalue weighted by molar-refractivity contribution is -0.538. The number of aryl methyl sites for hydroxylation is 2. The van der Waals surface area contributed by atoms with Crippen LogP contribution in [0.3, 0.4) is 0 Å². The highest BCUT2D eigenvalue weighted by molar-refractivity contribution is 5.97. The third-order valence-corrected chi connectivity index (χ3v) is 10.6. The van der Waals surface area contributed by atoms with Crippen LogP contribution in [-0.2, 0) is 0 Å². The standard InChI is InChI=1S/C46H46N8/c1-29-19-21-39-37(25-29)51-45-41(53(39)33-15-9-7-10-16-33)27-35(47)31(3)43(45)49-23-13-5-6-14-24-50-44-32(4)36(48)28-42-46(44)52-38-26-30(2)20-22-40(38)54(42)34-17-11-8-12-18-34/h7-12,15-22,25-28H,5-6,13-14,23-24H2,1-4H3,(H4,47,48,49,50)/p+2. The molecular formula is C46H48N8+2. The van der Waals surface area contributed by atoms with Crippen molar-refractivity contribution in [3.8, 4) is 11.4 Å². The van der Waals surface area contributed by atoms with E-state index in [1.807, 2.05) is 12.1 Å². The van der Waals surface area contributed by atoms with E-state index < -0.39 is 0 Å². The van der Waals surface area contributed by atoms with E-state index in [0.29, 0.717) is 0 Å². The number of unbranched alkanes of at least 4 members (excludes halogenated alkanes) is 3. The monoisotopic (exact) mass is 712 g/mol. The van der Waals surface area contributed by atoms with Crippen LogP contribution in [0.4, 0.5) is 22.7 Å². The number of nitrogens with one attached hydrogen (secondary N) is 2. The minimum Gasteiger partial charge on any atom is -0.398 e. The number of nitrogen functional groups attached to an aromatic ring is 2. The number of aromatic nitrogens is 4. The van der Waals surface area contributed by atoms with E-state index >= 15 is 0 Å². The number of hydrogen-bond donors (Lipinski definition) is 4. The predicted molar refractivity (Wildman–Crippen MR) is 225 cm³/mol. The number of nitrogens with two attached hydrogens (primary N) is 2. The van der Waals surface area contributed by atoms with E-state index in [2.05, 4.69) is 145 Å². The minimum atomic E-state index is 0.755. The molecule has 0 aliphatic rings. The summed E-state index contributed by atoms with van der Waals surface area (Å²) < 4.78 is 4.55. The second-order valence-corrected chi connectivity index (χ2v) is 14.5. The summed E-state index contributed by atoms with van der Waals surface area (Å²) in [5.74, 6) is 0. The molecule has 0 radical (unpaired) electrons. The van der Waals surface area contributed by atoms with Gasteiger partial charge in [-0.1, -0.05) is 61.4 Å². The maximum atomic E-state index is 6.66. The molecule has 0 fully saturated rings. The molecule has 0 aliphatic carbocycles. The van der Waals surface area contributed by atoms with Crippen LogP contribution in [0.25, 0.3) is 55.5 Å². The van der Waals surface area contributed by atoms with Crippen molar-refractivity contribution in [1.82, 2.24) is 9.97 Å². The highest BCUT2D eigenvalue weighted by Gasteiger charge is 2.25. The molecule has 0 saturated carbocycles. The second-order valence-electron chi connectivity index (χ2n) is 14.5. The summed E-state index contributed by atoms with van der Waals surface area (Å²) in [6.45, 7) is 10.1. The lowest BCUT2D eigenvalue weighted by Gasteiger charge is -2.15. The molecule has 8 heteroatoms. The zero-order valence-electron chi connectivity index (χ0n) is 31.6. The number of hydrogen-bond acceptors (Lipinski definition) is 6. The average Bonchev–Trinajstić information content (AvgIpc) is 3.17. The summed E-state index contributed by atoms with van der Waals surface area (Å²) in [6.07, 6.45) is 4.26. The number of fused-ring (bicyclic) bond motifs is 4. The van der Waals surface area contributed by atoms with Crippen LogP contribution >= 0.6 is 0 Å². The zero-order chi connectivity index (χ0) is 37.3. The molecule has 0 spiro atoms. The molecule has 0 saturated heterocycles. The van der Waals surface area contributed by atoms with Gasteiger partial charge in [0.1, 0.15) is 11.0 Å². The molecule has 0 aliphatic heterocycles. The fourth-order valence-corrected chi connectivity index (χ4v) is 7.61. The maximum absolute atomic E-state index is 6.66. The summed E-state index contributed by atoms with van der Waals surface area (Å²) in [5, 5.41) is 7.49. The number of rotatable bonds is 11. The molecule has 8 rings (SSSR count). The van der Waals surface area contributed by atoms with Gasteiger partial charge in [-0.15, -0.1) is 9.13 Å². The quantitative estimate of drug-likeness (QED) is 0.0461. The number of anilines is 4. The van der Waals surface area contributed by atoms with Crippen molar-refractivity contribution < 1.29 is 9.13 Å². The van der Waals surface area contributed by atoms with Crippen LogP contribution < -0.4 is 31.2 Å². The van der Waals surface area contributed by atoms with E-state index in [-0.39, 0.29) is 0 Å². The minimum absolute atomic E-state index is 0.755. The first-order chi connectivity index (χ1) is 26.3. The number of para-hydroxylation sites is 2. The van der Waals surface area contributed by atoms with Gasteiger partial charge in [-0.2, -0.15) is 0 Å². The molecule has 0 unspecified atom stereocenters. The second kappa shape index (κ2) is 14.6. The average molecular weight is 713 g/mol. The first-order valence-electron chi connectivity index (χ1n) is 19.0. The molecule has 8 nitrogen and oxygen atoms in total. The molecule has 0 amide bonds. The lowest BCUT2D eigenvalue weighted by atomic mass is 10.1. The van der Waals surface area contributed by atoms with Crippen molar-refractivity contribution in [2.24, 2.45) is 0 Å². The normalized spacial score (nSPS) is 11.6. The summed E-state index contributed by atoms with van der Waals surface area (Å²) in [5.41, 5.74) is 31.3. The van der Waals surface area contributed by atoms with Gasteiger partial charge in [0.05, 0.1) is 11.4 Å². The number of nitrogens with zero attached hydrogens (tertiary/aromatic N) is 4. The highest BCUT2D eigenvalue weighted by atomic mass is 15.0. The first kappa shape index (κ1) is 34.8. The van der Waals surface area contributed by atoms with Gasteiger partial charge in [-0.05, 0) is 74.9 Å². The molecule has 8 aromatic rings.